The highest BCUT2D eigenvalue weighted by molar-refractivity contribution is 5.97. The van der Waals surface area contributed by atoms with Gasteiger partial charge in [0.2, 0.25) is 0 Å². The van der Waals surface area contributed by atoms with Crippen LogP contribution < -0.4 is 15.4 Å². The first-order valence-electron chi connectivity index (χ1n) is 15.1. The zero-order chi connectivity index (χ0) is 33.9. The second kappa shape index (κ2) is 16.9. The number of carbonyl (C=O) groups is 2. The van der Waals surface area contributed by atoms with Crippen LogP contribution in [0.4, 0.5) is 13.2 Å². The van der Waals surface area contributed by atoms with E-state index in [4.69, 9.17) is 5.11 Å². The Morgan fingerprint density at radius 2 is 1.57 bits per heavy atom. The number of hydrogen-bond donors (Lipinski definition) is 4. The fourth-order valence-electron chi connectivity index (χ4n) is 4.66. The molecule has 8 nitrogen and oxygen atoms in total. The van der Waals surface area contributed by atoms with Crippen molar-refractivity contribution in [3.63, 3.8) is 0 Å². The molecule has 11 heteroatoms. The topological polar surface area (TPSA) is 113 Å². The molecule has 0 radical (unpaired) electrons. The van der Waals surface area contributed by atoms with E-state index in [1.165, 1.54) is 12.5 Å². The van der Waals surface area contributed by atoms with E-state index >= 15 is 0 Å². The van der Waals surface area contributed by atoms with Gasteiger partial charge in [-0.1, -0.05) is 31.4 Å². The van der Waals surface area contributed by atoms with Crippen molar-refractivity contribution in [1.82, 2.24) is 15.2 Å². The predicted molar refractivity (Wildman–Crippen MR) is 168 cm³/mol. The van der Waals surface area contributed by atoms with Gasteiger partial charge in [-0.25, -0.2) is 0 Å². The summed E-state index contributed by atoms with van der Waals surface area (Å²) in [7, 11) is 2.96. The summed E-state index contributed by atoms with van der Waals surface area (Å²) in [6.07, 6.45) is 1.07. The van der Waals surface area contributed by atoms with Gasteiger partial charge in [0, 0.05) is 42.7 Å². The Morgan fingerprint density at radius 3 is 2.07 bits per heavy atom. The first kappa shape index (κ1) is 39.0. The number of amides is 1. The number of nitrogens with zero attached hydrogens (tertiary/aromatic N) is 1. The van der Waals surface area contributed by atoms with Crippen molar-refractivity contribution in [2.24, 2.45) is 11.3 Å². The number of aliphatic hydroxyl groups is 1. The van der Waals surface area contributed by atoms with E-state index in [-0.39, 0.29) is 24.6 Å². The Kier molecular flexibility index (Phi) is 14.9. The van der Waals surface area contributed by atoms with Crippen molar-refractivity contribution in [3.8, 4) is 17.0 Å². The first-order valence-corrected chi connectivity index (χ1v) is 15.1. The van der Waals surface area contributed by atoms with E-state index in [0.717, 1.165) is 38.5 Å². The number of halogens is 3. The molecule has 1 amide bonds. The lowest BCUT2D eigenvalue weighted by Gasteiger charge is -2.24. The van der Waals surface area contributed by atoms with Crippen LogP contribution in [0.15, 0.2) is 24.3 Å². The molecule has 0 bridgehead atoms. The Morgan fingerprint density at radius 1 is 1.00 bits per heavy atom. The molecule has 1 aromatic carbocycles. The smallest absolute Gasteiger partial charge is 0.481 e. The number of carboxylic acids is 1. The van der Waals surface area contributed by atoms with E-state index in [0.29, 0.717) is 40.4 Å². The van der Waals surface area contributed by atoms with Crippen LogP contribution in [0.3, 0.4) is 0 Å². The number of carbonyl (C=O) groups excluding carboxylic acids is 1. The molecule has 1 fully saturated rings. The van der Waals surface area contributed by atoms with Crippen molar-refractivity contribution < 1.29 is 37.7 Å². The fraction of sp³-hybridized carbons (Fsp3) is 0.636. The van der Waals surface area contributed by atoms with Gasteiger partial charge in [-0.15, -0.1) is 13.2 Å². The maximum absolute atomic E-state index is 13.1. The molecule has 1 aliphatic rings. The molecule has 44 heavy (non-hydrogen) atoms. The normalized spacial score (nSPS) is 14.1. The minimum absolute atomic E-state index is 0.189. The number of nitrogens with one attached hydrogen (secondary N) is 2. The van der Waals surface area contributed by atoms with Crippen LogP contribution in [0.25, 0.3) is 11.3 Å². The molecule has 1 heterocycles. The minimum Gasteiger partial charge on any atom is -0.481 e. The highest BCUT2D eigenvalue weighted by atomic mass is 19.4. The lowest BCUT2D eigenvalue weighted by Crippen LogP contribution is -2.32. The molecule has 1 saturated carbocycles. The van der Waals surface area contributed by atoms with Crippen LogP contribution in [-0.2, 0) is 11.3 Å². The van der Waals surface area contributed by atoms with Gasteiger partial charge in [0.1, 0.15) is 5.75 Å². The lowest BCUT2D eigenvalue weighted by molar-refractivity contribution is -0.274. The molecule has 0 unspecified atom stereocenters. The van der Waals surface area contributed by atoms with Crippen LogP contribution in [0.2, 0.25) is 0 Å². The number of rotatable bonds is 9. The molecule has 250 valence electrons. The van der Waals surface area contributed by atoms with Crippen LogP contribution in [0.5, 0.6) is 5.75 Å². The van der Waals surface area contributed by atoms with Gasteiger partial charge in [0.25, 0.3) is 5.91 Å². The minimum atomic E-state index is -4.81. The van der Waals surface area contributed by atoms with Crippen molar-refractivity contribution in [2.45, 2.75) is 105 Å². The lowest BCUT2D eigenvalue weighted by atomic mass is 9.89. The predicted octanol–water partition coefficient (Wildman–Crippen LogP) is 7.09. The molecule has 0 atom stereocenters. The zero-order valence-corrected chi connectivity index (χ0v) is 27.7. The van der Waals surface area contributed by atoms with Gasteiger partial charge >= 0.3 is 12.3 Å². The summed E-state index contributed by atoms with van der Waals surface area (Å²) in [6, 6.07) is 6.39. The van der Waals surface area contributed by atoms with Gasteiger partial charge in [-0.05, 0) is 98.4 Å². The molecule has 3 rings (SSSR count). The number of carboxylic acid groups (broad SMARTS) is 1. The van der Waals surface area contributed by atoms with Gasteiger partial charge in [0.15, 0.2) is 0 Å². The number of ether oxygens (including phenoxy) is 1. The third-order valence-corrected chi connectivity index (χ3v) is 7.85. The molecular weight excluding hydrogens is 575 g/mol. The highest BCUT2D eigenvalue weighted by Crippen LogP contribution is 2.35. The number of aliphatic carboxylic acids is 1. The Bertz CT molecular complexity index is 1210. The maximum Gasteiger partial charge on any atom is 0.573 e. The second-order valence-electron chi connectivity index (χ2n) is 12.9. The summed E-state index contributed by atoms with van der Waals surface area (Å²) in [6.45, 7) is 13.8. The molecule has 0 saturated heterocycles. The van der Waals surface area contributed by atoms with Crippen LogP contribution in [0.1, 0.15) is 94.8 Å². The zero-order valence-electron chi connectivity index (χ0n) is 27.7. The van der Waals surface area contributed by atoms with Crippen LogP contribution in [-0.4, -0.2) is 59.3 Å². The summed E-state index contributed by atoms with van der Waals surface area (Å²) in [5, 5.41) is 22.2. The number of benzene rings is 1. The fourth-order valence-corrected chi connectivity index (χ4v) is 4.66. The summed E-state index contributed by atoms with van der Waals surface area (Å²) in [5.41, 5.74) is 2.01. The van der Waals surface area contributed by atoms with Crippen molar-refractivity contribution in [2.75, 3.05) is 20.7 Å². The second-order valence-corrected chi connectivity index (χ2v) is 12.9. The van der Waals surface area contributed by atoms with Gasteiger partial charge < -0.3 is 30.2 Å². The van der Waals surface area contributed by atoms with Gasteiger partial charge in [0.05, 0.1) is 11.0 Å². The summed E-state index contributed by atoms with van der Waals surface area (Å²) < 4.78 is 45.1. The Hall–Kier alpha value is -3.05. The average molecular weight is 628 g/mol. The number of alkyl halides is 3. The number of hydrogen-bond acceptors (Lipinski definition) is 5. The maximum atomic E-state index is 13.1. The molecule has 0 spiro atoms. The van der Waals surface area contributed by atoms with E-state index in [2.05, 4.69) is 36.1 Å². The monoisotopic (exact) mass is 627 g/mol. The standard InChI is InChI=1S/C27H35F3N2O4.C5H13N.CH4O/c1-17-10-11-20(14-23(17)36-27(28,29)30)22-15-21(24(33)31-13-12-26(3,4)25(34)35)18(2)32(22)16-19-8-6-5-7-9-19;1-5(2,3)6-4;1-2/h10-11,14-15,19H,5-9,12-13,16H2,1-4H3,(H,31,33)(H,34,35);6H,1-4H3;2H,1H3. The Labute approximate surface area is 260 Å². The van der Waals surface area contributed by atoms with Gasteiger partial charge in [-0.3, -0.25) is 9.59 Å². The van der Waals surface area contributed by atoms with Crippen molar-refractivity contribution in [1.29, 1.82) is 0 Å². The summed E-state index contributed by atoms with van der Waals surface area (Å²) in [5.74, 6) is -1.13. The van der Waals surface area contributed by atoms with Crippen molar-refractivity contribution >= 4 is 11.9 Å². The van der Waals surface area contributed by atoms with E-state index in [1.54, 1.807) is 39.0 Å². The molecule has 1 aromatic heterocycles. The van der Waals surface area contributed by atoms with E-state index < -0.39 is 17.7 Å². The highest BCUT2D eigenvalue weighted by Gasteiger charge is 2.32. The molecule has 1 aliphatic carbocycles. The molecular formula is C33H52F3N3O5. The number of aryl methyl sites for hydroxylation is 1. The van der Waals surface area contributed by atoms with Crippen molar-refractivity contribution in [3.05, 3.63) is 41.1 Å². The quantitative estimate of drug-likeness (QED) is 0.236. The van der Waals surface area contributed by atoms with Gasteiger partial charge in [-0.2, -0.15) is 0 Å². The van der Waals surface area contributed by atoms with E-state index in [9.17, 15) is 27.9 Å². The number of aliphatic hydroxyl groups excluding tert-OH is 1. The molecule has 2 aromatic rings. The SMILES string of the molecule is CNC(C)(C)C.CO.Cc1ccc(-c2cc(C(=O)NCCC(C)(C)C(=O)O)c(C)n2CC2CCCCC2)cc1OC(F)(F)F. The van der Waals surface area contributed by atoms with E-state index in [1.807, 2.05) is 18.5 Å². The van der Waals surface area contributed by atoms with Crippen LogP contribution >= 0.6 is 0 Å². The summed E-state index contributed by atoms with van der Waals surface area (Å²) >= 11 is 0. The molecule has 0 aliphatic heterocycles. The average Bonchev–Trinajstić information content (AvgIpc) is 3.26. The third-order valence-electron chi connectivity index (χ3n) is 7.85. The summed E-state index contributed by atoms with van der Waals surface area (Å²) in [4.78, 5) is 24.4. The molecule has 4 N–H and O–H groups in total. The number of aromatic nitrogens is 1. The first-order chi connectivity index (χ1) is 20.3. The third kappa shape index (κ3) is 12.5. The largest absolute Gasteiger partial charge is 0.573 e. The van der Waals surface area contributed by atoms with Crippen LogP contribution in [0, 0.1) is 25.2 Å². The Balaban J connectivity index is 0.00000108.